The molecule has 7 heteroatoms. The lowest BCUT2D eigenvalue weighted by Gasteiger charge is -2.12. The number of H-pyrrole nitrogens is 1. The van der Waals surface area contributed by atoms with Crippen molar-refractivity contribution in [3.05, 3.63) is 59.5 Å². The van der Waals surface area contributed by atoms with E-state index in [1.54, 1.807) is 24.3 Å². The molecule has 0 bridgehead atoms. The number of fused-ring (bicyclic) bond motifs is 1. The number of phenolic OH excluding ortho intramolecular Hbond substituents is 1. The number of hydrogen-bond donors (Lipinski definition) is 4. The average molecular weight is 398 g/mol. The zero-order chi connectivity index (χ0) is 20.6. The maximum atomic E-state index is 13.5. The van der Waals surface area contributed by atoms with Crippen LogP contribution in [0, 0.1) is 5.82 Å². The van der Waals surface area contributed by atoms with Crippen molar-refractivity contribution < 1.29 is 14.2 Å². The third-order valence-corrected chi connectivity index (χ3v) is 4.50. The number of hydrogen-bond acceptors (Lipinski definition) is 3. The van der Waals surface area contributed by atoms with Crippen LogP contribution >= 0.6 is 0 Å². The Kier molecular flexibility index (Phi) is 6.94. The average Bonchev–Trinajstić information content (AvgIpc) is 3.10. The number of aromatic nitrogens is 1. The van der Waals surface area contributed by atoms with E-state index in [0.29, 0.717) is 31.4 Å². The van der Waals surface area contributed by atoms with E-state index in [0.717, 1.165) is 35.0 Å². The predicted octanol–water partition coefficient (Wildman–Crippen LogP) is 3.71. The van der Waals surface area contributed by atoms with E-state index in [4.69, 9.17) is 4.74 Å². The summed E-state index contributed by atoms with van der Waals surface area (Å²) in [5.74, 6) is 1.05. The lowest BCUT2D eigenvalue weighted by atomic mass is 10.1. The van der Waals surface area contributed by atoms with Crippen molar-refractivity contribution in [2.75, 3.05) is 19.7 Å². The standard InChI is InChI=1S/C22H27FN4O2/c1-3-24-22(27-13-15-5-8-20(28)21(11-15)29-4-2)25-10-9-16-14-26-19-7-6-17(23)12-18(16)19/h5-8,11-12,14,26,28H,3-4,9-10,13H2,1-2H3,(H2,24,25,27). The molecule has 0 amide bonds. The van der Waals surface area contributed by atoms with Crippen molar-refractivity contribution >= 4 is 16.9 Å². The summed E-state index contributed by atoms with van der Waals surface area (Å²) < 4.78 is 18.9. The van der Waals surface area contributed by atoms with Crippen molar-refractivity contribution in [2.24, 2.45) is 4.99 Å². The molecule has 0 aliphatic heterocycles. The van der Waals surface area contributed by atoms with E-state index in [1.165, 1.54) is 6.07 Å². The molecule has 0 aliphatic rings. The van der Waals surface area contributed by atoms with Crippen LogP contribution in [0.25, 0.3) is 10.9 Å². The second-order valence-electron chi connectivity index (χ2n) is 6.61. The van der Waals surface area contributed by atoms with Gasteiger partial charge in [-0.25, -0.2) is 9.38 Å². The number of nitrogens with one attached hydrogen (secondary N) is 3. The molecular weight excluding hydrogens is 371 g/mol. The second kappa shape index (κ2) is 9.82. The number of ether oxygens (including phenoxy) is 1. The van der Waals surface area contributed by atoms with Crippen LogP contribution in [0.5, 0.6) is 11.5 Å². The van der Waals surface area contributed by atoms with Gasteiger partial charge in [0.1, 0.15) is 5.82 Å². The number of rotatable bonds is 8. The first kappa shape index (κ1) is 20.5. The van der Waals surface area contributed by atoms with Crippen molar-refractivity contribution in [2.45, 2.75) is 26.8 Å². The van der Waals surface area contributed by atoms with Gasteiger partial charge in [0.05, 0.1) is 13.2 Å². The largest absolute Gasteiger partial charge is 0.504 e. The highest BCUT2D eigenvalue weighted by Gasteiger charge is 2.06. The summed E-state index contributed by atoms with van der Waals surface area (Å²) in [5, 5.41) is 17.3. The summed E-state index contributed by atoms with van der Waals surface area (Å²) in [6.07, 6.45) is 2.66. The first-order valence-electron chi connectivity index (χ1n) is 9.83. The van der Waals surface area contributed by atoms with Crippen molar-refractivity contribution in [1.29, 1.82) is 0 Å². The number of aromatic hydroxyl groups is 1. The van der Waals surface area contributed by atoms with E-state index in [-0.39, 0.29) is 11.6 Å². The molecule has 1 aromatic heterocycles. The molecule has 29 heavy (non-hydrogen) atoms. The molecule has 1 heterocycles. The van der Waals surface area contributed by atoms with E-state index in [1.807, 2.05) is 26.1 Å². The molecule has 0 radical (unpaired) electrons. The zero-order valence-electron chi connectivity index (χ0n) is 16.8. The highest BCUT2D eigenvalue weighted by molar-refractivity contribution is 5.83. The highest BCUT2D eigenvalue weighted by atomic mass is 19.1. The highest BCUT2D eigenvalue weighted by Crippen LogP contribution is 2.27. The molecule has 2 aromatic carbocycles. The third kappa shape index (κ3) is 5.40. The predicted molar refractivity (Wildman–Crippen MR) is 114 cm³/mol. The van der Waals surface area contributed by atoms with E-state index >= 15 is 0 Å². The van der Waals surface area contributed by atoms with Crippen LogP contribution in [0.4, 0.5) is 4.39 Å². The Morgan fingerprint density at radius 2 is 2.03 bits per heavy atom. The van der Waals surface area contributed by atoms with Gasteiger partial charge < -0.3 is 25.5 Å². The maximum Gasteiger partial charge on any atom is 0.191 e. The number of guanidine groups is 1. The minimum Gasteiger partial charge on any atom is -0.504 e. The maximum absolute atomic E-state index is 13.5. The Morgan fingerprint density at radius 1 is 1.17 bits per heavy atom. The van der Waals surface area contributed by atoms with Gasteiger partial charge in [0.25, 0.3) is 0 Å². The molecule has 3 rings (SSSR count). The fourth-order valence-electron chi connectivity index (χ4n) is 3.11. The minimum absolute atomic E-state index is 0.125. The van der Waals surface area contributed by atoms with Crippen LogP contribution < -0.4 is 15.4 Å². The minimum atomic E-state index is -0.235. The van der Waals surface area contributed by atoms with Gasteiger partial charge in [-0.3, -0.25) is 0 Å². The lowest BCUT2D eigenvalue weighted by Crippen LogP contribution is -2.38. The Morgan fingerprint density at radius 3 is 2.83 bits per heavy atom. The van der Waals surface area contributed by atoms with Crippen LogP contribution in [0.1, 0.15) is 25.0 Å². The number of phenols is 1. The van der Waals surface area contributed by atoms with Crippen LogP contribution in [-0.4, -0.2) is 35.7 Å². The summed E-state index contributed by atoms with van der Waals surface area (Å²) >= 11 is 0. The summed E-state index contributed by atoms with van der Waals surface area (Å²) in [6, 6.07) is 10.0. The van der Waals surface area contributed by atoms with Crippen LogP contribution in [0.2, 0.25) is 0 Å². The Bertz CT molecular complexity index is 984. The van der Waals surface area contributed by atoms with Crippen LogP contribution in [0.15, 0.2) is 47.6 Å². The van der Waals surface area contributed by atoms with E-state index in [2.05, 4.69) is 20.6 Å². The molecule has 6 nitrogen and oxygen atoms in total. The zero-order valence-corrected chi connectivity index (χ0v) is 16.8. The third-order valence-electron chi connectivity index (χ3n) is 4.50. The molecule has 0 atom stereocenters. The van der Waals surface area contributed by atoms with Gasteiger partial charge in [-0.2, -0.15) is 0 Å². The van der Waals surface area contributed by atoms with Gasteiger partial charge in [-0.15, -0.1) is 0 Å². The molecule has 4 N–H and O–H groups in total. The molecule has 0 unspecified atom stereocenters. The van der Waals surface area contributed by atoms with Gasteiger partial charge in [-0.1, -0.05) is 6.07 Å². The normalized spacial score (nSPS) is 11.6. The molecule has 0 spiro atoms. The Labute approximate surface area is 169 Å². The fraction of sp³-hybridized carbons (Fsp3) is 0.318. The van der Waals surface area contributed by atoms with Gasteiger partial charge in [0.15, 0.2) is 17.5 Å². The van der Waals surface area contributed by atoms with Gasteiger partial charge in [-0.05, 0) is 61.7 Å². The molecular formula is C22H27FN4O2. The van der Waals surface area contributed by atoms with Crippen molar-refractivity contribution in [3.63, 3.8) is 0 Å². The number of aliphatic imine (C=N–C) groups is 1. The molecule has 3 aromatic rings. The molecule has 0 saturated carbocycles. The number of benzene rings is 2. The summed E-state index contributed by atoms with van der Waals surface area (Å²) in [7, 11) is 0. The van der Waals surface area contributed by atoms with Crippen LogP contribution in [-0.2, 0) is 13.0 Å². The SMILES string of the molecule is CCNC(=NCc1ccc(O)c(OCC)c1)NCCc1c[nH]c2ccc(F)cc12. The first-order valence-corrected chi connectivity index (χ1v) is 9.83. The Balaban J connectivity index is 1.62. The second-order valence-corrected chi connectivity index (χ2v) is 6.61. The molecule has 154 valence electrons. The van der Waals surface area contributed by atoms with E-state index in [9.17, 15) is 9.50 Å². The number of aromatic amines is 1. The fourth-order valence-corrected chi connectivity index (χ4v) is 3.11. The van der Waals surface area contributed by atoms with Gasteiger partial charge in [0, 0.05) is 30.2 Å². The molecule has 0 fully saturated rings. The Hall–Kier alpha value is -3.22. The van der Waals surface area contributed by atoms with Crippen molar-refractivity contribution in [1.82, 2.24) is 15.6 Å². The monoisotopic (exact) mass is 398 g/mol. The topological polar surface area (TPSA) is 81.7 Å². The van der Waals surface area contributed by atoms with Gasteiger partial charge in [0.2, 0.25) is 0 Å². The van der Waals surface area contributed by atoms with E-state index < -0.39 is 0 Å². The first-order chi connectivity index (χ1) is 14.1. The summed E-state index contributed by atoms with van der Waals surface area (Å²) in [4.78, 5) is 7.77. The van der Waals surface area contributed by atoms with Gasteiger partial charge >= 0.3 is 0 Å². The van der Waals surface area contributed by atoms with Crippen LogP contribution in [0.3, 0.4) is 0 Å². The quantitative estimate of drug-likeness (QED) is 0.344. The lowest BCUT2D eigenvalue weighted by molar-refractivity contribution is 0.318. The summed E-state index contributed by atoms with van der Waals surface area (Å²) in [5.41, 5.74) is 2.93. The molecule has 0 saturated heterocycles. The smallest absolute Gasteiger partial charge is 0.191 e. The number of halogens is 1. The van der Waals surface area contributed by atoms with Crippen molar-refractivity contribution in [3.8, 4) is 11.5 Å². The number of nitrogens with zero attached hydrogens (tertiary/aromatic N) is 1. The summed E-state index contributed by atoms with van der Waals surface area (Å²) in [6.45, 7) is 6.22. The molecule has 0 aliphatic carbocycles.